The first kappa shape index (κ1) is 12.8. The van der Waals surface area contributed by atoms with Gasteiger partial charge in [-0.1, -0.05) is 12.1 Å². The van der Waals surface area contributed by atoms with Crippen LogP contribution in [0.4, 0.5) is 5.82 Å². The van der Waals surface area contributed by atoms with Gasteiger partial charge in [-0.25, -0.2) is 14.5 Å². The largest absolute Gasteiger partial charge is 0.450 e. The highest BCUT2D eigenvalue weighted by Crippen LogP contribution is 2.30. The Balaban J connectivity index is 1.54. The van der Waals surface area contributed by atoms with Crippen LogP contribution < -0.4 is 9.88 Å². The first-order chi connectivity index (χ1) is 10.9. The molecule has 0 radical (unpaired) electrons. The molecule has 4 aromatic rings. The number of H-pyrrole nitrogens is 1. The molecular weight excluding hydrogens is 278 g/mol. The third-order valence-corrected chi connectivity index (χ3v) is 3.65. The van der Waals surface area contributed by atoms with Crippen molar-refractivity contribution in [1.29, 1.82) is 0 Å². The lowest BCUT2D eigenvalue weighted by Gasteiger charge is -2.04. The summed E-state index contributed by atoms with van der Waals surface area (Å²) in [5, 5.41) is 4.36. The van der Waals surface area contributed by atoms with Gasteiger partial charge in [-0.05, 0) is 12.1 Å². The van der Waals surface area contributed by atoms with Crippen molar-refractivity contribution in [3.8, 4) is 0 Å². The minimum Gasteiger partial charge on any atom is -0.450 e. The fourth-order valence-corrected chi connectivity index (χ4v) is 2.58. The quantitative estimate of drug-likeness (QED) is 0.438. The Labute approximate surface area is 126 Å². The van der Waals surface area contributed by atoms with E-state index in [2.05, 4.69) is 24.8 Å². The number of aromatic nitrogens is 4. The Morgan fingerprint density at radius 3 is 3.09 bits per heavy atom. The molecule has 0 bridgehead atoms. The van der Waals surface area contributed by atoms with Crippen LogP contribution in [0.3, 0.4) is 0 Å². The van der Waals surface area contributed by atoms with Crippen LogP contribution in [0.15, 0.2) is 53.7 Å². The van der Waals surface area contributed by atoms with Crippen LogP contribution in [0.1, 0.15) is 6.42 Å². The highest BCUT2D eigenvalue weighted by molar-refractivity contribution is 6.05. The molecule has 3 aromatic heterocycles. The highest BCUT2D eigenvalue weighted by Gasteiger charge is 2.12. The molecule has 0 spiro atoms. The van der Waals surface area contributed by atoms with Crippen molar-refractivity contribution in [2.75, 3.05) is 11.9 Å². The van der Waals surface area contributed by atoms with Gasteiger partial charge < -0.3 is 9.73 Å². The first-order valence-corrected chi connectivity index (χ1v) is 7.30. The summed E-state index contributed by atoms with van der Waals surface area (Å²) in [6, 6.07) is 7.91. The van der Waals surface area contributed by atoms with Crippen LogP contribution in [0.25, 0.3) is 22.1 Å². The number of furan rings is 1. The molecule has 0 amide bonds. The van der Waals surface area contributed by atoms with E-state index in [-0.39, 0.29) is 0 Å². The lowest BCUT2D eigenvalue weighted by atomic mass is 10.2. The van der Waals surface area contributed by atoms with Crippen molar-refractivity contribution in [1.82, 2.24) is 15.0 Å². The fourth-order valence-electron chi connectivity index (χ4n) is 2.58. The lowest BCUT2D eigenvalue weighted by molar-refractivity contribution is -0.695. The zero-order chi connectivity index (χ0) is 14.8. The van der Waals surface area contributed by atoms with Crippen molar-refractivity contribution in [2.24, 2.45) is 0 Å². The number of anilines is 1. The molecule has 2 N–H and O–H groups in total. The number of aryl methyl sites for hydroxylation is 1. The molecule has 0 fully saturated rings. The summed E-state index contributed by atoms with van der Waals surface area (Å²) in [5.74, 6) is 0.750. The molecule has 0 aliphatic carbocycles. The Morgan fingerprint density at radius 2 is 2.18 bits per heavy atom. The lowest BCUT2D eigenvalue weighted by Crippen LogP contribution is -2.31. The standard InChI is InChI=1S/C16H15N5O/c1-2-5-13-12(4-1)14-15(22-13)16(20-10-19-14)18-6-3-8-21-9-7-17-11-21/h1-2,4-5,7,9-11H,3,6,8H2,(H,18,19,20)/p+1. The predicted octanol–water partition coefficient (Wildman–Crippen LogP) is 2.49. The van der Waals surface area contributed by atoms with Crippen LogP contribution in [-0.2, 0) is 6.54 Å². The van der Waals surface area contributed by atoms with Gasteiger partial charge in [-0.15, -0.1) is 0 Å². The molecule has 1 aromatic carbocycles. The molecule has 6 nitrogen and oxygen atoms in total. The van der Waals surface area contributed by atoms with Gasteiger partial charge in [0.25, 0.3) is 0 Å². The molecule has 0 atom stereocenters. The van der Waals surface area contributed by atoms with Crippen molar-refractivity contribution in [3.05, 3.63) is 49.3 Å². The fraction of sp³-hybridized carbons (Fsp3) is 0.188. The summed E-state index contributed by atoms with van der Waals surface area (Å²) < 4.78 is 8.00. The molecule has 0 saturated carbocycles. The van der Waals surface area contributed by atoms with Gasteiger partial charge in [0.05, 0.1) is 6.54 Å². The van der Waals surface area contributed by atoms with Crippen molar-refractivity contribution in [2.45, 2.75) is 13.0 Å². The second kappa shape index (κ2) is 5.48. The number of benzene rings is 1. The van der Waals surface area contributed by atoms with Crippen LogP contribution >= 0.6 is 0 Å². The Bertz CT molecular complexity index is 897. The number of hydrogen-bond donors (Lipinski definition) is 2. The normalized spacial score (nSPS) is 11.3. The SMILES string of the molecule is c1ccc2c(c1)oc1c(NCCC[n+]3cc[nH]c3)ncnc12. The van der Waals surface area contributed by atoms with Gasteiger partial charge in [0.2, 0.25) is 6.33 Å². The number of rotatable bonds is 5. The second-order valence-electron chi connectivity index (χ2n) is 5.13. The van der Waals surface area contributed by atoms with Gasteiger partial charge in [-0.3, -0.25) is 4.98 Å². The molecule has 0 unspecified atom stereocenters. The zero-order valence-corrected chi connectivity index (χ0v) is 12.0. The smallest absolute Gasteiger partial charge is 0.241 e. The van der Waals surface area contributed by atoms with Crippen LogP contribution in [0.5, 0.6) is 0 Å². The van der Waals surface area contributed by atoms with E-state index in [9.17, 15) is 0 Å². The van der Waals surface area contributed by atoms with Gasteiger partial charge in [0, 0.05) is 18.4 Å². The number of para-hydroxylation sites is 1. The van der Waals surface area contributed by atoms with Crippen LogP contribution in [0.2, 0.25) is 0 Å². The average Bonchev–Trinajstić information content (AvgIpc) is 3.19. The maximum atomic E-state index is 5.89. The molecule has 22 heavy (non-hydrogen) atoms. The van der Waals surface area contributed by atoms with Crippen molar-refractivity contribution in [3.63, 3.8) is 0 Å². The van der Waals surface area contributed by atoms with Crippen molar-refractivity contribution >= 4 is 27.9 Å². The summed E-state index contributed by atoms with van der Waals surface area (Å²) in [6.45, 7) is 1.77. The van der Waals surface area contributed by atoms with E-state index >= 15 is 0 Å². The third kappa shape index (κ3) is 2.28. The van der Waals surface area contributed by atoms with Crippen molar-refractivity contribution < 1.29 is 8.98 Å². The summed E-state index contributed by atoms with van der Waals surface area (Å²) in [6.07, 6.45) is 8.45. The minimum atomic E-state index is 0.720. The topological polar surface area (TPSA) is 70.6 Å². The Kier molecular flexibility index (Phi) is 3.19. The molecule has 4 rings (SSSR count). The van der Waals surface area contributed by atoms with Gasteiger partial charge in [0.1, 0.15) is 29.8 Å². The summed E-state index contributed by atoms with van der Waals surface area (Å²) in [7, 11) is 0. The summed E-state index contributed by atoms with van der Waals surface area (Å²) in [4.78, 5) is 11.7. The van der Waals surface area contributed by atoms with Gasteiger partial charge in [0.15, 0.2) is 11.4 Å². The molecule has 0 aliphatic rings. The highest BCUT2D eigenvalue weighted by atomic mass is 16.3. The van der Waals surface area contributed by atoms with E-state index < -0.39 is 0 Å². The monoisotopic (exact) mass is 294 g/mol. The van der Waals surface area contributed by atoms with Crippen LogP contribution in [-0.4, -0.2) is 21.5 Å². The number of nitrogens with zero attached hydrogens (tertiary/aromatic N) is 3. The van der Waals surface area contributed by atoms with Crippen LogP contribution in [0, 0.1) is 0 Å². The number of imidazole rings is 1. The number of nitrogens with one attached hydrogen (secondary N) is 2. The van der Waals surface area contributed by atoms with Gasteiger partial charge >= 0.3 is 0 Å². The molecule has 0 saturated heterocycles. The summed E-state index contributed by atoms with van der Waals surface area (Å²) in [5.41, 5.74) is 2.41. The second-order valence-corrected chi connectivity index (χ2v) is 5.13. The zero-order valence-electron chi connectivity index (χ0n) is 12.0. The molecular formula is C16H16N5O+. The number of hydrogen-bond acceptors (Lipinski definition) is 4. The van der Waals surface area contributed by atoms with Gasteiger partial charge in [-0.2, -0.15) is 0 Å². The van der Waals surface area contributed by atoms with E-state index in [0.29, 0.717) is 0 Å². The Morgan fingerprint density at radius 1 is 1.23 bits per heavy atom. The van der Waals surface area contributed by atoms with E-state index in [1.54, 1.807) is 6.33 Å². The maximum Gasteiger partial charge on any atom is 0.241 e. The van der Waals surface area contributed by atoms with E-state index in [4.69, 9.17) is 4.42 Å². The number of aromatic amines is 1. The van der Waals surface area contributed by atoms with E-state index in [1.807, 2.05) is 43.0 Å². The number of fused-ring (bicyclic) bond motifs is 3. The maximum absolute atomic E-state index is 5.89. The Hall–Kier alpha value is -2.89. The minimum absolute atomic E-state index is 0.720. The van der Waals surface area contributed by atoms with E-state index in [0.717, 1.165) is 47.4 Å². The molecule has 3 heterocycles. The van der Waals surface area contributed by atoms with E-state index in [1.165, 1.54) is 0 Å². The molecule has 6 heteroatoms. The first-order valence-electron chi connectivity index (χ1n) is 7.30. The average molecular weight is 294 g/mol. The summed E-state index contributed by atoms with van der Waals surface area (Å²) >= 11 is 0. The molecule has 110 valence electrons. The molecule has 0 aliphatic heterocycles. The third-order valence-electron chi connectivity index (χ3n) is 3.65. The predicted molar refractivity (Wildman–Crippen MR) is 83.4 cm³/mol.